The molecular formula is C54H72N9O9+. The van der Waals surface area contributed by atoms with E-state index in [-0.39, 0.29) is 36.2 Å². The highest BCUT2D eigenvalue weighted by Gasteiger charge is 2.54. The summed E-state index contributed by atoms with van der Waals surface area (Å²) in [5, 5.41) is 8.97. The third-order valence-electron chi connectivity index (χ3n) is 16.0. The third kappa shape index (κ3) is 9.08. The first-order valence-corrected chi connectivity index (χ1v) is 26.2. The number of methoxy groups -OCH3 is 1. The van der Waals surface area contributed by atoms with Crippen molar-refractivity contribution in [3.63, 3.8) is 0 Å². The molecule has 12 rings (SSSR count). The number of amides is 2. The van der Waals surface area contributed by atoms with E-state index in [2.05, 4.69) is 76.0 Å². The van der Waals surface area contributed by atoms with Crippen LogP contribution in [-0.4, -0.2) is 149 Å². The lowest BCUT2D eigenvalue weighted by Crippen LogP contribution is -2.72. The van der Waals surface area contributed by atoms with Gasteiger partial charge in [-0.05, 0) is 89.6 Å². The number of alkyl carbamates (subject to hydrolysis) is 1. The second-order valence-electron chi connectivity index (χ2n) is 23.2. The van der Waals surface area contributed by atoms with Crippen LogP contribution >= 0.6 is 0 Å². The first kappa shape index (κ1) is 48.8. The second kappa shape index (κ2) is 18.8. The number of esters is 1. The van der Waals surface area contributed by atoms with Crippen LogP contribution in [-0.2, 0) is 39.8 Å². The number of anilines is 1. The molecule has 2 aliphatic carbocycles. The molecule has 8 aliphatic rings. The zero-order valence-electron chi connectivity index (χ0n) is 43.2. The van der Waals surface area contributed by atoms with E-state index in [4.69, 9.17) is 38.1 Å². The fourth-order valence-electron chi connectivity index (χ4n) is 12.5. The maximum atomic E-state index is 15.2. The number of ether oxygens (including phenoxy) is 5. The quantitative estimate of drug-likeness (QED) is 0.143. The molecule has 4 aromatic rings. The summed E-state index contributed by atoms with van der Waals surface area (Å²) < 4.78 is 42.7. The van der Waals surface area contributed by atoms with Crippen LogP contribution < -0.4 is 21.0 Å². The predicted molar refractivity (Wildman–Crippen MR) is 269 cm³/mol. The highest BCUT2D eigenvalue weighted by Crippen LogP contribution is 2.57. The monoisotopic (exact) mass is 991 g/mol. The second-order valence-corrected chi connectivity index (χ2v) is 23.2. The van der Waals surface area contributed by atoms with Gasteiger partial charge in [-0.25, -0.2) is 19.8 Å². The summed E-state index contributed by atoms with van der Waals surface area (Å²) in [7, 11) is 1.74. The molecule has 1 aromatic carbocycles. The Morgan fingerprint density at radius 3 is 2.57 bits per heavy atom. The van der Waals surface area contributed by atoms with Gasteiger partial charge in [-0.1, -0.05) is 13.8 Å². The number of cyclic esters (lactones) is 1. The van der Waals surface area contributed by atoms with Gasteiger partial charge in [-0.3, -0.25) is 19.6 Å². The molecule has 72 heavy (non-hydrogen) atoms. The van der Waals surface area contributed by atoms with Gasteiger partial charge in [0.2, 0.25) is 11.6 Å². The van der Waals surface area contributed by atoms with E-state index in [9.17, 15) is 9.59 Å². The van der Waals surface area contributed by atoms with Gasteiger partial charge in [0.15, 0.2) is 11.7 Å². The molecule has 9 heterocycles. The number of nitrogens with zero attached hydrogens (tertiary/aromatic N) is 6. The Labute approximate surface area is 421 Å². The SMILES string of the molecule is CO[C@@H]1c2ncc(N3CCNCC3)cc2-c2c3c4cc(ccc4n2CCO[C@H]2CCOC(C)(C)C2)-c2nc(co2)C(=[N+]2CCCC2)[C@H](NC(=O)OC(C)(C)C)C(=O)N2N[C@H](C(=O)OCC(C)(C)C31)C1CC2C1. The molecule has 5 saturated heterocycles. The number of oxazole rings is 1. The van der Waals surface area contributed by atoms with Gasteiger partial charge in [0.05, 0.1) is 48.2 Å². The average molecular weight is 991 g/mol. The lowest BCUT2D eigenvalue weighted by atomic mass is 9.67. The van der Waals surface area contributed by atoms with E-state index in [0.29, 0.717) is 63.0 Å². The molecule has 1 saturated carbocycles. The van der Waals surface area contributed by atoms with Crippen LogP contribution in [0.4, 0.5) is 10.5 Å². The summed E-state index contributed by atoms with van der Waals surface area (Å²) >= 11 is 0. The molecule has 0 spiro atoms. The van der Waals surface area contributed by atoms with Gasteiger partial charge in [-0.2, -0.15) is 0 Å². The van der Waals surface area contributed by atoms with E-state index in [1.807, 2.05) is 12.3 Å². The lowest BCUT2D eigenvalue weighted by molar-refractivity contribution is -0.507. The fourth-order valence-corrected chi connectivity index (χ4v) is 12.5. The molecule has 18 heteroatoms. The Morgan fingerprint density at radius 1 is 1.06 bits per heavy atom. The molecule has 6 fully saturated rings. The highest BCUT2D eigenvalue weighted by molar-refractivity contribution is 6.14. The molecule has 0 radical (unpaired) electrons. The van der Waals surface area contributed by atoms with Crippen molar-refractivity contribution in [2.24, 2.45) is 11.3 Å². The first-order chi connectivity index (χ1) is 34.5. The van der Waals surface area contributed by atoms with E-state index in [1.165, 1.54) is 0 Å². The zero-order valence-corrected chi connectivity index (χ0v) is 43.2. The normalized spacial score (nSPS) is 28.0. The van der Waals surface area contributed by atoms with Gasteiger partial charge in [0.25, 0.3) is 5.91 Å². The molecule has 8 bridgehead atoms. The van der Waals surface area contributed by atoms with Crippen LogP contribution in [0, 0.1) is 11.3 Å². The van der Waals surface area contributed by atoms with Crippen LogP contribution in [0.2, 0.25) is 0 Å². The number of carbonyl (C=O) groups is 3. The Morgan fingerprint density at radius 2 is 1.83 bits per heavy atom. The van der Waals surface area contributed by atoms with Crippen molar-refractivity contribution in [2.75, 3.05) is 71.1 Å². The van der Waals surface area contributed by atoms with Crippen molar-refractivity contribution >= 4 is 40.3 Å². The van der Waals surface area contributed by atoms with Crippen LogP contribution in [0.15, 0.2) is 41.1 Å². The van der Waals surface area contributed by atoms with Gasteiger partial charge in [-0.15, -0.1) is 0 Å². The summed E-state index contributed by atoms with van der Waals surface area (Å²) in [5.74, 6) is -0.877. The molecule has 3 N–H and O–H groups in total. The lowest BCUT2D eigenvalue weighted by Gasteiger charge is -2.53. The molecule has 5 atom stereocenters. The van der Waals surface area contributed by atoms with E-state index in [0.717, 1.165) is 96.5 Å². The Kier molecular flexibility index (Phi) is 12.8. The molecule has 1 unspecified atom stereocenters. The van der Waals surface area contributed by atoms with Crippen molar-refractivity contribution in [1.29, 1.82) is 0 Å². The van der Waals surface area contributed by atoms with Crippen molar-refractivity contribution in [3.05, 3.63) is 53.7 Å². The first-order valence-electron chi connectivity index (χ1n) is 26.2. The number of nitrogens with one attached hydrogen (secondary N) is 3. The Balaban J connectivity index is 1.10. The topological polar surface area (TPSA) is 187 Å². The fraction of sp³-hybridized carbons (Fsp3) is 0.630. The highest BCUT2D eigenvalue weighted by atomic mass is 16.6. The van der Waals surface area contributed by atoms with Gasteiger partial charge in [0, 0.05) is 105 Å². The van der Waals surface area contributed by atoms with Gasteiger partial charge < -0.3 is 48.2 Å². The van der Waals surface area contributed by atoms with E-state index >= 15 is 4.79 Å². The molecule has 6 aliphatic heterocycles. The summed E-state index contributed by atoms with van der Waals surface area (Å²) in [4.78, 5) is 56.5. The number of hydrogen-bond donors (Lipinski definition) is 3. The largest absolute Gasteiger partial charge is 0.464 e. The Hall–Kier alpha value is -5.40. The number of hydrazine groups is 1. The molecule has 3 aromatic heterocycles. The molecule has 18 nitrogen and oxygen atoms in total. The van der Waals surface area contributed by atoms with E-state index in [1.54, 1.807) is 39.2 Å². The molecular weight excluding hydrogens is 919 g/mol. The smallest absolute Gasteiger partial charge is 0.408 e. The summed E-state index contributed by atoms with van der Waals surface area (Å²) in [6.45, 7) is 20.4. The summed E-state index contributed by atoms with van der Waals surface area (Å²) in [5.41, 5.74) is 9.11. The number of fused-ring (bicyclic) bond motifs is 6. The van der Waals surface area contributed by atoms with Crippen LogP contribution in [0.25, 0.3) is 33.6 Å². The van der Waals surface area contributed by atoms with Gasteiger partial charge in [0.1, 0.15) is 37.1 Å². The number of piperazine rings is 1. The van der Waals surface area contributed by atoms with Crippen molar-refractivity contribution < 1.29 is 47.1 Å². The maximum absolute atomic E-state index is 15.2. The standard InChI is InChI=1S/C54H71N9O9/c1-52(2,3)72-51(66)58-44-46(61-16-9-10-17-61)38-29-69-48(57-38)31-11-12-39-36(25-31)40-41(53(4,5)30-70-50(65)42-32-23-33(24-32)63(59-42)49(44)64)47(67-8)43-37(26-34(28-56-43)60-18-14-55-15-19-60)45(40)62(39)20-22-68-35-13-21-71-54(6,7)27-35/h11-12,25-26,28-29,32-33,35,41-42,44,47,55,59H,9-10,13-24,27,30H2,1-8H3/p+1/t32?,33?,35-,41?,42-,44-,47-/m0/s1. The summed E-state index contributed by atoms with van der Waals surface area (Å²) in [6.07, 6.45) is 7.03. The van der Waals surface area contributed by atoms with Crippen LogP contribution in [0.5, 0.6) is 0 Å². The van der Waals surface area contributed by atoms with Crippen LogP contribution in [0.3, 0.4) is 0 Å². The third-order valence-corrected chi connectivity index (χ3v) is 16.0. The number of carbonyl (C=O) groups excluding carboxylic acids is 3. The molecule has 386 valence electrons. The number of pyridine rings is 1. The minimum atomic E-state index is -1.22. The number of rotatable bonds is 7. The molecule has 2 amide bonds. The number of hydrogen-bond acceptors (Lipinski definition) is 14. The summed E-state index contributed by atoms with van der Waals surface area (Å²) in [6, 6.07) is 6.40. The van der Waals surface area contributed by atoms with Gasteiger partial charge >= 0.3 is 12.1 Å². The van der Waals surface area contributed by atoms with Crippen molar-refractivity contribution in [1.82, 2.24) is 35.6 Å². The minimum absolute atomic E-state index is 0.0301. The Bertz CT molecular complexity index is 2770. The minimum Gasteiger partial charge on any atom is -0.464 e. The van der Waals surface area contributed by atoms with Crippen molar-refractivity contribution in [2.45, 2.75) is 141 Å². The van der Waals surface area contributed by atoms with Crippen molar-refractivity contribution in [3.8, 4) is 22.7 Å². The number of benzene rings is 1. The maximum Gasteiger partial charge on any atom is 0.408 e. The predicted octanol–water partition coefficient (Wildman–Crippen LogP) is 6.09. The zero-order chi connectivity index (χ0) is 50.3. The van der Waals surface area contributed by atoms with Crippen LogP contribution in [0.1, 0.15) is 116 Å². The van der Waals surface area contributed by atoms with E-state index < -0.39 is 47.2 Å². The average Bonchev–Trinajstić information content (AvgIpc) is 4.12. The number of aromatic nitrogens is 3.